The van der Waals surface area contributed by atoms with Gasteiger partial charge in [0.2, 0.25) is 5.91 Å². The van der Waals surface area contributed by atoms with Crippen molar-refractivity contribution in [3.8, 4) is 0 Å². The van der Waals surface area contributed by atoms with Crippen molar-refractivity contribution in [1.29, 1.82) is 0 Å². The van der Waals surface area contributed by atoms with Crippen molar-refractivity contribution in [3.63, 3.8) is 0 Å². The van der Waals surface area contributed by atoms with E-state index >= 15 is 0 Å². The Balaban J connectivity index is 1.80. The SMILES string of the molecule is CCN(c1cc(N2CCN(C(C)=O)CC2)nc(C)n1)C1CCS(=O)(=O)C1. The molecule has 1 atom stereocenters. The third-order valence-electron chi connectivity index (χ3n) is 5.14. The van der Waals surface area contributed by atoms with Crippen LogP contribution in [0.5, 0.6) is 0 Å². The smallest absolute Gasteiger partial charge is 0.219 e. The fourth-order valence-electron chi connectivity index (χ4n) is 3.72. The van der Waals surface area contributed by atoms with Crippen LogP contribution in [0.2, 0.25) is 0 Å². The number of amides is 1. The molecule has 1 amide bonds. The molecule has 0 aromatic carbocycles. The Kier molecular flexibility index (Phi) is 5.36. The van der Waals surface area contributed by atoms with Crippen molar-refractivity contribution >= 4 is 27.4 Å². The topological polar surface area (TPSA) is 86.7 Å². The highest BCUT2D eigenvalue weighted by Crippen LogP contribution is 2.26. The summed E-state index contributed by atoms with van der Waals surface area (Å²) in [5, 5.41) is 0. The maximum absolute atomic E-state index is 11.9. The first kappa shape index (κ1) is 18.9. The standard InChI is InChI=1S/C17H27N5O3S/c1-4-22(15-5-10-26(24,25)12-15)17-11-16(18-13(2)19-17)21-8-6-20(7-9-21)14(3)23/h11,15H,4-10,12H2,1-3H3. The van der Waals surface area contributed by atoms with Gasteiger partial charge in [0.1, 0.15) is 17.5 Å². The second kappa shape index (κ2) is 7.38. The van der Waals surface area contributed by atoms with Crippen LogP contribution in [-0.2, 0) is 14.6 Å². The van der Waals surface area contributed by atoms with Gasteiger partial charge in [0.15, 0.2) is 9.84 Å². The number of aromatic nitrogens is 2. The van der Waals surface area contributed by atoms with Gasteiger partial charge in [-0.15, -0.1) is 0 Å². The number of carbonyl (C=O) groups is 1. The van der Waals surface area contributed by atoms with Crippen LogP contribution in [0.4, 0.5) is 11.6 Å². The van der Waals surface area contributed by atoms with Crippen LogP contribution in [-0.4, -0.2) is 79.5 Å². The van der Waals surface area contributed by atoms with E-state index in [1.807, 2.05) is 24.8 Å². The van der Waals surface area contributed by atoms with Crippen LogP contribution in [0, 0.1) is 6.92 Å². The number of hydrogen-bond donors (Lipinski definition) is 0. The number of rotatable bonds is 4. The highest BCUT2D eigenvalue weighted by molar-refractivity contribution is 7.91. The van der Waals surface area contributed by atoms with E-state index < -0.39 is 9.84 Å². The Morgan fingerprint density at radius 2 is 1.96 bits per heavy atom. The largest absolute Gasteiger partial charge is 0.353 e. The van der Waals surface area contributed by atoms with Crippen LogP contribution < -0.4 is 9.80 Å². The molecule has 0 aliphatic carbocycles. The van der Waals surface area contributed by atoms with Crippen molar-refractivity contribution in [2.24, 2.45) is 0 Å². The Morgan fingerprint density at radius 3 is 2.50 bits per heavy atom. The number of sulfone groups is 1. The minimum atomic E-state index is -2.95. The van der Waals surface area contributed by atoms with E-state index in [4.69, 9.17) is 0 Å². The third kappa shape index (κ3) is 4.08. The van der Waals surface area contributed by atoms with E-state index in [2.05, 4.69) is 19.8 Å². The number of nitrogens with zero attached hydrogens (tertiary/aromatic N) is 5. The van der Waals surface area contributed by atoms with Crippen molar-refractivity contribution in [2.75, 3.05) is 54.0 Å². The average molecular weight is 382 g/mol. The van der Waals surface area contributed by atoms with Crippen molar-refractivity contribution in [2.45, 2.75) is 33.2 Å². The lowest BCUT2D eigenvalue weighted by Gasteiger charge is -2.35. The highest BCUT2D eigenvalue weighted by atomic mass is 32.2. The molecule has 0 N–H and O–H groups in total. The molecule has 1 unspecified atom stereocenters. The summed E-state index contributed by atoms with van der Waals surface area (Å²) in [5.41, 5.74) is 0. The number of aryl methyl sites for hydroxylation is 1. The second-order valence-corrected chi connectivity index (χ2v) is 9.20. The Morgan fingerprint density at radius 1 is 1.27 bits per heavy atom. The molecule has 0 bridgehead atoms. The van der Waals surface area contributed by atoms with Gasteiger partial charge in [-0.05, 0) is 20.3 Å². The molecule has 1 aromatic rings. The van der Waals surface area contributed by atoms with Crippen molar-refractivity contribution in [3.05, 3.63) is 11.9 Å². The van der Waals surface area contributed by atoms with Gasteiger partial charge in [0, 0.05) is 51.8 Å². The molecule has 2 aliphatic heterocycles. The molecule has 9 heteroatoms. The lowest BCUT2D eigenvalue weighted by Crippen LogP contribution is -2.48. The third-order valence-corrected chi connectivity index (χ3v) is 6.89. The maximum Gasteiger partial charge on any atom is 0.219 e. The maximum atomic E-state index is 11.9. The summed E-state index contributed by atoms with van der Waals surface area (Å²) in [6.45, 7) is 9.02. The van der Waals surface area contributed by atoms with E-state index in [0.717, 1.165) is 24.7 Å². The molecular formula is C17H27N5O3S. The molecule has 3 heterocycles. The zero-order valence-corrected chi connectivity index (χ0v) is 16.5. The zero-order chi connectivity index (χ0) is 18.9. The van der Waals surface area contributed by atoms with Crippen LogP contribution in [0.15, 0.2) is 6.07 Å². The summed E-state index contributed by atoms with van der Waals surface area (Å²) >= 11 is 0. The lowest BCUT2D eigenvalue weighted by atomic mass is 10.2. The summed E-state index contributed by atoms with van der Waals surface area (Å²) < 4.78 is 23.7. The van der Waals surface area contributed by atoms with Crippen LogP contribution in [0.1, 0.15) is 26.1 Å². The predicted molar refractivity (Wildman–Crippen MR) is 101 cm³/mol. The number of piperazine rings is 1. The molecule has 2 saturated heterocycles. The molecule has 0 radical (unpaired) electrons. The monoisotopic (exact) mass is 381 g/mol. The van der Waals surface area contributed by atoms with Crippen LogP contribution in [0.25, 0.3) is 0 Å². The quantitative estimate of drug-likeness (QED) is 0.749. The molecule has 26 heavy (non-hydrogen) atoms. The van der Waals surface area contributed by atoms with Crippen molar-refractivity contribution in [1.82, 2.24) is 14.9 Å². The number of carbonyl (C=O) groups excluding carboxylic acids is 1. The average Bonchev–Trinajstić information content (AvgIpc) is 2.95. The first-order valence-corrected chi connectivity index (χ1v) is 10.9. The first-order valence-electron chi connectivity index (χ1n) is 9.12. The van der Waals surface area contributed by atoms with Gasteiger partial charge < -0.3 is 14.7 Å². The lowest BCUT2D eigenvalue weighted by molar-refractivity contribution is -0.129. The van der Waals surface area contributed by atoms with Gasteiger partial charge in [0.05, 0.1) is 11.5 Å². The Hall–Kier alpha value is -1.90. The van der Waals surface area contributed by atoms with Gasteiger partial charge in [0.25, 0.3) is 0 Å². The van der Waals surface area contributed by atoms with E-state index in [1.165, 1.54) is 0 Å². The summed E-state index contributed by atoms with van der Waals surface area (Å²) in [5.74, 6) is 2.84. The summed E-state index contributed by atoms with van der Waals surface area (Å²) in [7, 11) is -2.95. The second-order valence-electron chi connectivity index (χ2n) is 6.97. The number of hydrogen-bond acceptors (Lipinski definition) is 7. The van der Waals surface area contributed by atoms with Crippen molar-refractivity contribution < 1.29 is 13.2 Å². The van der Waals surface area contributed by atoms with Gasteiger partial charge in [-0.3, -0.25) is 4.79 Å². The molecule has 2 fully saturated rings. The van der Waals surface area contributed by atoms with Gasteiger partial charge in [-0.1, -0.05) is 0 Å². The first-order chi connectivity index (χ1) is 12.3. The molecule has 0 saturated carbocycles. The minimum Gasteiger partial charge on any atom is -0.353 e. The summed E-state index contributed by atoms with van der Waals surface area (Å²) in [4.78, 5) is 26.7. The zero-order valence-electron chi connectivity index (χ0n) is 15.7. The molecule has 8 nitrogen and oxygen atoms in total. The summed E-state index contributed by atoms with van der Waals surface area (Å²) in [6, 6.07) is 1.92. The molecular weight excluding hydrogens is 354 g/mol. The minimum absolute atomic E-state index is 0.0262. The fraction of sp³-hybridized carbons (Fsp3) is 0.706. The van der Waals surface area contributed by atoms with Crippen LogP contribution >= 0.6 is 0 Å². The van der Waals surface area contributed by atoms with Gasteiger partial charge in [-0.25, -0.2) is 18.4 Å². The van der Waals surface area contributed by atoms with Crippen LogP contribution in [0.3, 0.4) is 0 Å². The van der Waals surface area contributed by atoms with E-state index in [0.29, 0.717) is 31.9 Å². The number of anilines is 2. The molecule has 1 aromatic heterocycles. The molecule has 0 spiro atoms. The molecule has 2 aliphatic rings. The molecule has 3 rings (SSSR count). The Labute approximate surface area is 155 Å². The van der Waals surface area contributed by atoms with Gasteiger partial charge in [-0.2, -0.15) is 0 Å². The fourth-order valence-corrected chi connectivity index (χ4v) is 5.46. The highest BCUT2D eigenvalue weighted by Gasteiger charge is 2.33. The normalized spacial score (nSPS) is 22.5. The Bertz CT molecular complexity index is 775. The van der Waals surface area contributed by atoms with E-state index in [-0.39, 0.29) is 23.5 Å². The predicted octanol–water partition coefficient (Wildman–Crippen LogP) is 0.467. The summed E-state index contributed by atoms with van der Waals surface area (Å²) in [6.07, 6.45) is 0.645. The van der Waals surface area contributed by atoms with E-state index in [1.54, 1.807) is 6.92 Å². The molecule has 144 valence electrons. The van der Waals surface area contributed by atoms with E-state index in [9.17, 15) is 13.2 Å². The van der Waals surface area contributed by atoms with Gasteiger partial charge >= 0.3 is 0 Å².